The van der Waals surface area contributed by atoms with Crippen molar-refractivity contribution in [3.63, 3.8) is 0 Å². The molecule has 0 atom stereocenters. The van der Waals surface area contributed by atoms with Crippen LogP contribution in [0.1, 0.15) is 45.1 Å². The Morgan fingerprint density at radius 1 is 1.35 bits per heavy atom. The van der Waals surface area contributed by atoms with Gasteiger partial charge in [-0.3, -0.25) is 4.79 Å². The molecule has 1 saturated carbocycles. The van der Waals surface area contributed by atoms with E-state index < -0.39 is 39.9 Å². The summed E-state index contributed by atoms with van der Waals surface area (Å²) >= 11 is 0. The second-order valence-electron chi connectivity index (χ2n) is 7.80. The summed E-state index contributed by atoms with van der Waals surface area (Å²) < 4.78 is 40.5. The molecule has 1 saturated heterocycles. The largest absolute Gasteiger partial charge is 0.506 e. The molecular formula is C17H24FN3O4S. The number of aromatic hydroxyl groups is 1. The third-order valence-electron chi connectivity index (χ3n) is 5.11. The third kappa shape index (κ3) is 3.93. The lowest BCUT2D eigenvalue weighted by atomic mass is 9.75. The monoisotopic (exact) mass is 385 g/mol. The summed E-state index contributed by atoms with van der Waals surface area (Å²) in [7, 11) is -4.17. The first-order valence-electron chi connectivity index (χ1n) is 8.65. The second kappa shape index (κ2) is 6.70. The summed E-state index contributed by atoms with van der Waals surface area (Å²) in [5.41, 5.74) is 0.368. The number of carbonyl (C=O) groups is 1. The Morgan fingerprint density at radius 3 is 2.54 bits per heavy atom. The van der Waals surface area contributed by atoms with Gasteiger partial charge in [0, 0.05) is 12.6 Å². The molecule has 1 aliphatic carbocycles. The standard InChI is InChI=1S/C17H24FN3O4S/c1-17(2)5-3-12(4-6-17)19-9-11-7-13(18)16(14(22)8-11)21-10-15(23)20-26(21,24)25/h7-8,12,19,22H,3-6,9-10H2,1-2H3,(H,20,23). The summed E-state index contributed by atoms with van der Waals surface area (Å²) in [6.07, 6.45) is 4.33. The predicted octanol–water partition coefficient (Wildman–Crippen LogP) is 1.77. The highest BCUT2D eigenvalue weighted by molar-refractivity contribution is 7.92. The number of amides is 1. The third-order valence-corrected chi connectivity index (χ3v) is 6.48. The van der Waals surface area contributed by atoms with E-state index >= 15 is 0 Å². The van der Waals surface area contributed by atoms with Gasteiger partial charge in [0.2, 0.25) is 0 Å². The number of halogens is 1. The molecule has 3 N–H and O–H groups in total. The van der Waals surface area contributed by atoms with Crippen LogP contribution in [0.15, 0.2) is 12.1 Å². The molecule has 1 aromatic carbocycles. The van der Waals surface area contributed by atoms with E-state index in [9.17, 15) is 22.7 Å². The average molecular weight is 385 g/mol. The van der Waals surface area contributed by atoms with Crippen LogP contribution in [0, 0.1) is 11.2 Å². The van der Waals surface area contributed by atoms with Gasteiger partial charge < -0.3 is 10.4 Å². The Balaban J connectivity index is 1.71. The van der Waals surface area contributed by atoms with Gasteiger partial charge in [-0.15, -0.1) is 0 Å². The van der Waals surface area contributed by atoms with Gasteiger partial charge in [0.05, 0.1) is 0 Å². The maximum Gasteiger partial charge on any atom is 0.326 e. The first-order chi connectivity index (χ1) is 12.1. The molecule has 9 heteroatoms. The number of nitrogens with zero attached hydrogens (tertiary/aromatic N) is 1. The van der Waals surface area contributed by atoms with Crippen LogP contribution < -0.4 is 14.3 Å². The summed E-state index contributed by atoms with van der Waals surface area (Å²) in [6, 6.07) is 2.86. The lowest BCUT2D eigenvalue weighted by Gasteiger charge is -2.34. The Kier molecular flexibility index (Phi) is 4.87. The SMILES string of the molecule is CC1(C)CCC(NCc2cc(O)c(N3CC(=O)NS3(=O)=O)c(F)c2)CC1. The smallest absolute Gasteiger partial charge is 0.326 e. The molecule has 0 radical (unpaired) electrons. The Labute approximate surface area is 152 Å². The molecule has 26 heavy (non-hydrogen) atoms. The first kappa shape index (κ1) is 18.9. The van der Waals surface area contributed by atoms with Crippen molar-refractivity contribution in [2.75, 3.05) is 10.8 Å². The van der Waals surface area contributed by atoms with Gasteiger partial charge >= 0.3 is 10.2 Å². The number of hydrogen-bond donors (Lipinski definition) is 3. The molecule has 0 aromatic heterocycles. The van der Waals surface area contributed by atoms with Crippen molar-refractivity contribution < 1.29 is 22.7 Å². The van der Waals surface area contributed by atoms with E-state index in [1.165, 1.54) is 12.1 Å². The molecule has 0 unspecified atom stereocenters. The molecular weight excluding hydrogens is 361 g/mol. The minimum atomic E-state index is -4.17. The maximum atomic E-state index is 14.5. The fourth-order valence-corrected chi connectivity index (χ4v) is 4.67. The van der Waals surface area contributed by atoms with E-state index in [2.05, 4.69) is 19.2 Å². The highest BCUT2D eigenvalue weighted by atomic mass is 32.2. The molecule has 1 aromatic rings. The van der Waals surface area contributed by atoms with Crippen LogP contribution in [0.25, 0.3) is 0 Å². The minimum absolute atomic E-state index is 0.341. The van der Waals surface area contributed by atoms with Crippen LogP contribution in [-0.2, 0) is 21.5 Å². The highest BCUT2D eigenvalue weighted by Gasteiger charge is 2.37. The number of carbonyl (C=O) groups excluding carboxylic acids is 1. The number of phenols is 1. The van der Waals surface area contributed by atoms with Crippen LogP contribution >= 0.6 is 0 Å². The second-order valence-corrected chi connectivity index (χ2v) is 9.40. The van der Waals surface area contributed by atoms with Crippen molar-refractivity contribution >= 4 is 21.8 Å². The number of nitrogens with one attached hydrogen (secondary N) is 2. The Bertz CT molecular complexity index is 792. The molecule has 7 nitrogen and oxygen atoms in total. The lowest BCUT2D eigenvalue weighted by molar-refractivity contribution is -0.117. The zero-order chi connectivity index (χ0) is 19.1. The van der Waals surface area contributed by atoms with Crippen LogP contribution in [-0.4, -0.2) is 32.0 Å². The highest BCUT2D eigenvalue weighted by Crippen LogP contribution is 2.36. The Morgan fingerprint density at radius 2 is 2.00 bits per heavy atom. The summed E-state index contributed by atoms with van der Waals surface area (Å²) in [6.45, 7) is 4.32. The zero-order valence-electron chi connectivity index (χ0n) is 14.9. The number of rotatable bonds is 4. The van der Waals surface area contributed by atoms with Gasteiger partial charge in [0.1, 0.15) is 18.0 Å². The molecule has 3 rings (SSSR count). The number of anilines is 1. The molecule has 2 aliphatic rings. The van der Waals surface area contributed by atoms with Crippen molar-refractivity contribution in [2.24, 2.45) is 5.41 Å². The topological polar surface area (TPSA) is 98.7 Å². The van der Waals surface area contributed by atoms with E-state index in [0.717, 1.165) is 25.7 Å². The molecule has 0 spiro atoms. The van der Waals surface area contributed by atoms with Crippen molar-refractivity contribution in [1.82, 2.24) is 10.0 Å². The van der Waals surface area contributed by atoms with Crippen molar-refractivity contribution in [3.8, 4) is 5.75 Å². The van der Waals surface area contributed by atoms with Crippen LogP contribution in [0.4, 0.5) is 10.1 Å². The molecule has 1 amide bonds. The number of phenolic OH excluding ortho intramolecular Hbond substituents is 1. The zero-order valence-corrected chi connectivity index (χ0v) is 15.7. The van der Waals surface area contributed by atoms with Gasteiger partial charge in [0.25, 0.3) is 5.91 Å². The summed E-state index contributed by atoms with van der Waals surface area (Å²) in [4.78, 5) is 11.3. The quantitative estimate of drug-likeness (QED) is 0.734. The Hall–Kier alpha value is -1.87. The van der Waals surface area contributed by atoms with E-state index in [-0.39, 0.29) is 0 Å². The fourth-order valence-electron chi connectivity index (χ4n) is 3.50. The van der Waals surface area contributed by atoms with Gasteiger partial charge in [-0.05, 0) is 48.8 Å². The summed E-state index contributed by atoms with van der Waals surface area (Å²) in [5.74, 6) is -2.16. The molecule has 2 fully saturated rings. The molecule has 0 bridgehead atoms. The number of hydrogen-bond acceptors (Lipinski definition) is 5. The first-order valence-corrected chi connectivity index (χ1v) is 10.1. The molecule has 144 valence electrons. The number of benzene rings is 1. The van der Waals surface area contributed by atoms with E-state index in [4.69, 9.17) is 0 Å². The predicted molar refractivity (Wildman–Crippen MR) is 95.4 cm³/mol. The normalized spacial score (nSPS) is 22.4. The van der Waals surface area contributed by atoms with Gasteiger partial charge in [-0.25, -0.2) is 13.4 Å². The van der Waals surface area contributed by atoms with Crippen molar-refractivity contribution in [3.05, 3.63) is 23.5 Å². The summed E-state index contributed by atoms with van der Waals surface area (Å²) in [5, 5.41) is 13.5. The van der Waals surface area contributed by atoms with Crippen molar-refractivity contribution in [1.29, 1.82) is 0 Å². The van der Waals surface area contributed by atoms with E-state index in [1.54, 1.807) is 4.72 Å². The fraction of sp³-hybridized carbons (Fsp3) is 0.588. The van der Waals surface area contributed by atoms with Crippen LogP contribution in [0.3, 0.4) is 0 Å². The van der Waals surface area contributed by atoms with Crippen LogP contribution in [0.2, 0.25) is 0 Å². The van der Waals surface area contributed by atoms with Gasteiger partial charge in [-0.1, -0.05) is 13.8 Å². The van der Waals surface area contributed by atoms with Gasteiger partial charge in [-0.2, -0.15) is 8.42 Å². The van der Waals surface area contributed by atoms with Crippen molar-refractivity contribution in [2.45, 2.75) is 52.1 Å². The average Bonchev–Trinajstić information content (AvgIpc) is 2.78. The lowest BCUT2D eigenvalue weighted by Crippen LogP contribution is -2.35. The van der Waals surface area contributed by atoms with E-state index in [0.29, 0.717) is 27.9 Å². The molecule has 1 aliphatic heterocycles. The van der Waals surface area contributed by atoms with E-state index in [1.807, 2.05) is 0 Å². The van der Waals surface area contributed by atoms with Gasteiger partial charge in [0.15, 0.2) is 5.82 Å². The minimum Gasteiger partial charge on any atom is -0.506 e. The maximum absolute atomic E-state index is 14.5. The molecule has 1 heterocycles. The van der Waals surface area contributed by atoms with Crippen LogP contribution in [0.5, 0.6) is 5.75 Å².